The van der Waals surface area contributed by atoms with Gasteiger partial charge in [-0.1, -0.05) is 17.7 Å². The van der Waals surface area contributed by atoms with Gasteiger partial charge in [0.05, 0.1) is 19.3 Å². The smallest absolute Gasteiger partial charge is 0.338 e. The molecule has 0 radical (unpaired) electrons. The predicted molar refractivity (Wildman–Crippen MR) is 108 cm³/mol. The van der Waals surface area contributed by atoms with Crippen LogP contribution in [0.25, 0.3) is 0 Å². The van der Waals surface area contributed by atoms with Crippen LogP contribution >= 0.6 is 11.6 Å². The molecule has 0 bridgehead atoms. The van der Waals surface area contributed by atoms with Gasteiger partial charge in [0, 0.05) is 22.9 Å². The monoisotopic (exact) mass is 405 g/mol. The molecule has 0 aliphatic heterocycles. The Morgan fingerprint density at radius 3 is 2.61 bits per heavy atom. The number of benzene rings is 2. The van der Waals surface area contributed by atoms with Gasteiger partial charge in [0.15, 0.2) is 6.10 Å². The quantitative estimate of drug-likeness (QED) is 0.660. The van der Waals surface area contributed by atoms with Gasteiger partial charge >= 0.3 is 5.97 Å². The van der Waals surface area contributed by atoms with E-state index in [0.29, 0.717) is 35.2 Å². The van der Waals surface area contributed by atoms with Crippen molar-refractivity contribution in [1.82, 2.24) is 0 Å². The van der Waals surface area contributed by atoms with Crippen molar-refractivity contribution in [3.05, 3.63) is 58.1 Å². The summed E-state index contributed by atoms with van der Waals surface area (Å²) in [5.41, 5.74) is 2.47. The molecule has 2 rings (SSSR count). The third-order valence-electron chi connectivity index (χ3n) is 4.09. The summed E-state index contributed by atoms with van der Waals surface area (Å²) >= 11 is 5.96. The van der Waals surface area contributed by atoms with Gasteiger partial charge < -0.3 is 19.5 Å². The van der Waals surface area contributed by atoms with E-state index in [1.54, 1.807) is 43.5 Å². The van der Waals surface area contributed by atoms with E-state index < -0.39 is 18.0 Å². The molecular weight excluding hydrogens is 382 g/mol. The topological polar surface area (TPSA) is 73.9 Å². The Bertz CT molecular complexity index is 853. The van der Waals surface area contributed by atoms with Crippen molar-refractivity contribution in [3.63, 3.8) is 0 Å². The average molecular weight is 406 g/mol. The Balaban J connectivity index is 2.06. The van der Waals surface area contributed by atoms with Crippen LogP contribution in [0, 0.1) is 6.92 Å². The maximum absolute atomic E-state index is 12.5. The molecular formula is C21H24ClNO5. The van der Waals surface area contributed by atoms with Crippen LogP contribution in [0.4, 0.5) is 5.69 Å². The standard InChI is InChI=1S/C21H24ClNO5/c1-5-27-12-16-10-15(7-9-19(16)26-4)21(25)28-14(3)20(24)23-18-11-17(22)8-6-13(18)2/h6-11,14H,5,12H2,1-4H3,(H,23,24)/t14-/m0/s1. The summed E-state index contributed by atoms with van der Waals surface area (Å²) in [5, 5.41) is 3.23. The SMILES string of the molecule is CCOCc1cc(C(=O)O[C@@H](C)C(=O)Nc2cc(Cl)ccc2C)ccc1OC. The van der Waals surface area contributed by atoms with Gasteiger partial charge in [-0.3, -0.25) is 4.79 Å². The number of hydrogen-bond acceptors (Lipinski definition) is 5. The molecule has 2 aromatic rings. The first-order valence-corrected chi connectivity index (χ1v) is 9.26. The molecule has 1 atom stereocenters. The lowest BCUT2D eigenvalue weighted by molar-refractivity contribution is -0.123. The summed E-state index contributed by atoms with van der Waals surface area (Å²) in [6, 6.07) is 10.1. The number of hydrogen-bond donors (Lipinski definition) is 1. The molecule has 0 aliphatic rings. The van der Waals surface area contributed by atoms with Crippen LogP contribution in [-0.4, -0.2) is 31.7 Å². The first-order chi connectivity index (χ1) is 13.3. The number of carbonyl (C=O) groups is 2. The van der Waals surface area contributed by atoms with Crippen LogP contribution in [0.1, 0.15) is 35.3 Å². The van der Waals surface area contributed by atoms with Crippen LogP contribution in [0.2, 0.25) is 5.02 Å². The third kappa shape index (κ3) is 5.71. The highest BCUT2D eigenvalue weighted by Crippen LogP contribution is 2.23. The van der Waals surface area contributed by atoms with Crippen molar-refractivity contribution < 1.29 is 23.8 Å². The van der Waals surface area contributed by atoms with Crippen molar-refractivity contribution in [3.8, 4) is 5.75 Å². The molecule has 0 heterocycles. The molecule has 0 spiro atoms. The highest BCUT2D eigenvalue weighted by Gasteiger charge is 2.20. The molecule has 0 saturated heterocycles. The fraction of sp³-hybridized carbons (Fsp3) is 0.333. The third-order valence-corrected chi connectivity index (χ3v) is 4.32. The van der Waals surface area contributed by atoms with Gasteiger partial charge in [-0.15, -0.1) is 0 Å². The normalized spacial score (nSPS) is 11.6. The second-order valence-corrected chi connectivity index (χ2v) is 6.60. The van der Waals surface area contributed by atoms with E-state index in [-0.39, 0.29) is 0 Å². The molecule has 28 heavy (non-hydrogen) atoms. The van der Waals surface area contributed by atoms with Crippen molar-refractivity contribution >= 4 is 29.2 Å². The molecule has 1 N–H and O–H groups in total. The van der Waals surface area contributed by atoms with E-state index in [1.807, 2.05) is 13.8 Å². The number of rotatable bonds is 8. The summed E-state index contributed by atoms with van der Waals surface area (Å²) in [6.45, 7) is 6.09. The first kappa shape index (κ1) is 21.7. The largest absolute Gasteiger partial charge is 0.496 e. The van der Waals surface area contributed by atoms with E-state index in [1.165, 1.54) is 6.92 Å². The number of methoxy groups -OCH3 is 1. The summed E-state index contributed by atoms with van der Waals surface area (Å²) in [4.78, 5) is 24.8. The van der Waals surface area contributed by atoms with E-state index in [9.17, 15) is 9.59 Å². The van der Waals surface area contributed by atoms with Gasteiger partial charge in [-0.25, -0.2) is 4.79 Å². The van der Waals surface area contributed by atoms with E-state index in [2.05, 4.69) is 5.32 Å². The van der Waals surface area contributed by atoms with E-state index >= 15 is 0 Å². The molecule has 0 unspecified atom stereocenters. The van der Waals surface area contributed by atoms with Crippen molar-refractivity contribution in [1.29, 1.82) is 0 Å². The van der Waals surface area contributed by atoms with Crippen LogP contribution in [0.3, 0.4) is 0 Å². The number of ether oxygens (including phenoxy) is 3. The number of anilines is 1. The first-order valence-electron chi connectivity index (χ1n) is 8.88. The second-order valence-electron chi connectivity index (χ2n) is 6.16. The molecule has 0 saturated carbocycles. The van der Waals surface area contributed by atoms with Crippen LogP contribution in [-0.2, 0) is 20.9 Å². The summed E-state index contributed by atoms with van der Waals surface area (Å²) < 4.78 is 16.0. The van der Waals surface area contributed by atoms with Crippen LogP contribution in [0.5, 0.6) is 5.75 Å². The zero-order valence-electron chi connectivity index (χ0n) is 16.4. The lowest BCUT2D eigenvalue weighted by Gasteiger charge is -2.16. The summed E-state index contributed by atoms with van der Waals surface area (Å²) in [6.07, 6.45) is -0.983. The zero-order valence-corrected chi connectivity index (χ0v) is 17.1. The van der Waals surface area contributed by atoms with Gasteiger partial charge in [-0.05, 0) is 56.7 Å². The predicted octanol–water partition coefficient (Wildman–Crippen LogP) is 4.38. The number of aryl methyl sites for hydroxylation is 1. The maximum Gasteiger partial charge on any atom is 0.338 e. The molecule has 0 aromatic heterocycles. The van der Waals surface area contributed by atoms with E-state index in [4.69, 9.17) is 25.8 Å². The van der Waals surface area contributed by atoms with Gasteiger partial charge in [-0.2, -0.15) is 0 Å². The average Bonchev–Trinajstić information content (AvgIpc) is 2.68. The highest BCUT2D eigenvalue weighted by molar-refractivity contribution is 6.31. The van der Waals surface area contributed by atoms with Crippen LogP contribution in [0.15, 0.2) is 36.4 Å². The summed E-state index contributed by atoms with van der Waals surface area (Å²) in [5.74, 6) is -0.431. The van der Waals surface area contributed by atoms with Gasteiger partial charge in [0.1, 0.15) is 5.75 Å². The van der Waals surface area contributed by atoms with Gasteiger partial charge in [0.2, 0.25) is 0 Å². The van der Waals surface area contributed by atoms with Crippen molar-refractivity contribution in [2.24, 2.45) is 0 Å². The Hall–Kier alpha value is -2.57. The van der Waals surface area contributed by atoms with Crippen molar-refractivity contribution in [2.75, 3.05) is 19.0 Å². The Morgan fingerprint density at radius 2 is 1.93 bits per heavy atom. The second kappa shape index (κ2) is 10.1. The van der Waals surface area contributed by atoms with E-state index in [0.717, 1.165) is 11.1 Å². The number of esters is 1. The molecule has 1 amide bonds. The molecule has 6 nitrogen and oxygen atoms in total. The molecule has 2 aromatic carbocycles. The molecule has 0 fully saturated rings. The minimum absolute atomic E-state index is 0.310. The number of halogens is 1. The maximum atomic E-state index is 12.5. The Kier molecular flexibility index (Phi) is 7.84. The Labute approximate surface area is 169 Å². The molecule has 7 heteroatoms. The zero-order chi connectivity index (χ0) is 20.7. The summed E-state index contributed by atoms with van der Waals surface area (Å²) in [7, 11) is 1.55. The number of nitrogens with one attached hydrogen (secondary N) is 1. The lowest BCUT2D eigenvalue weighted by atomic mass is 10.1. The minimum Gasteiger partial charge on any atom is -0.496 e. The fourth-order valence-electron chi connectivity index (χ4n) is 2.48. The minimum atomic E-state index is -0.983. The number of carbonyl (C=O) groups excluding carboxylic acids is 2. The highest BCUT2D eigenvalue weighted by atomic mass is 35.5. The van der Waals surface area contributed by atoms with Crippen molar-refractivity contribution in [2.45, 2.75) is 33.5 Å². The Morgan fingerprint density at radius 1 is 1.18 bits per heavy atom. The van der Waals surface area contributed by atoms with Gasteiger partial charge in [0.25, 0.3) is 5.91 Å². The lowest BCUT2D eigenvalue weighted by Crippen LogP contribution is -2.30. The number of amides is 1. The molecule has 0 aliphatic carbocycles. The molecule has 150 valence electrons. The fourth-order valence-corrected chi connectivity index (χ4v) is 2.65. The van der Waals surface area contributed by atoms with Crippen LogP contribution < -0.4 is 10.1 Å².